The quantitative estimate of drug-likeness (QED) is 0.630. The van der Waals surface area contributed by atoms with Crippen molar-refractivity contribution in [2.75, 3.05) is 0 Å². The van der Waals surface area contributed by atoms with Gasteiger partial charge in [-0.1, -0.05) is 0 Å². The first kappa shape index (κ1) is 8.02. The van der Waals surface area contributed by atoms with Gasteiger partial charge >= 0.3 is 0 Å². The van der Waals surface area contributed by atoms with Crippen molar-refractivity contribution in [3.05, 3.63) is 0 Å². The molecule has 1 saturated carbocycles. The van der Waals surface area contributed by atoms with Crippen LogP contribution in [0.1, 0.15) is 26.2 Å². The van der Waals surface area contributed by atoms with Gasteiger partial charge in [0.15, 0.2) is 0 Å². The molecule has 0 radical (unpaired) electrons. The zero-order valence-electron chi connectivity index (χ0n) is 6.06. The average molecular weight is 162 g/mol. The standard InChI is InChI=1S/C7H12ClNO/c1-5(10)6(9)4-7(8)2-3-7/h6H,2-4,9H2,1H3. The normalized spacial score (nSPS) is 23.9. The van der Waals surface area contributed by atoms with Crippen LogP contribution in [-0.2, 0) is 4.79 Å². The largest absolute Gasteiger partial charge is 0.321 e. The molecule has 1 aliphatic carbocycles. The minimum atomic E-state index is -0.347. The van der Waals surface area contributed by atoms with Crippen LogP contribution < -0.4 is 5.73 Å². The first-order chi connectivity index (χ1) is 4.53. The molecule has 1 aliphatic rings. The van der Waals surface area contributed by atoms with E-state index in [1.54, 1.807) is 0 Å². The monoisotopic (exact) mass is 161 g/mol. The second kappa shape index (κ2) is 2.51. The second-order valence-corrected chi connectivity index (χ2v) is 3.87. The van der Waals surface area contributed by atoms with Crippen LogP contribution in [0.5, 0.6) is 0 Å². The van der Waals surface area contributed by atoms with Gasteiger partial charge in [-0.25, -0.2) is 0 Å². The van der Waals surface area contributed by atoms with Gasteiger partial charge in [-0.15, -0.1) is 11.6 Å². The van der Waals surface area contributed by atoms with Gasteiger partial charge in [0.05, 0.1) is 6.04 Å². The molecule has 0 spiro atoms. The predicted octanol–water partition coefficient (Wildman–Crippen LogP) is 1.06. The highest BCUT2D eigenvalue weighted by Gasteiger charge is 2.42. The zero-order valence-corrected chi connectivity index (χ0v) is 6.82. The van der Waals surface area contributed by atoms with Crippen molar-refractivity contribution >= 4 is 17.4 Å². The van der Waals surface area contributed by atoms with E-state index in [2.05, 4.69) is 0 Å². The average Bonchev–Trinajstić information content (AvgIpc) is 2.47. The highest BCUT2D eigenvalue weighted by Crippen LogP contribution is 2.46. The Bertz CT molecular complexity index is 154. The molecule has 0 saturated heterocycles. The number of Topliss-reactive ketones (excluding diaryl/α,β-unsaturated/α-hetero) is 1. The summed E-state index contributed by atoms with van der Waals surface area (Å²) in [5.74, 6) is 0.0342. The topological polar surface area (TPSA) is 43.1 Å². The molecule has 10 heavy (non-hydrogen) atoms. The fourth-order valence-corrected chi connectivity index (χ4v) is 1.14. The lowest BCUT2D eigenvalue weighted by atomic mass is 10.1. The Kier molecular flexibility index (Phi) is 2.02. The summed E-state index contributed by atoms with van der Waals surface area (Å²) in [5.41, 5.74) is 5.51. The number of carbonyl (C=O) groups excluding carboxylic acids is 1. The SMILES string of the molecule is CC(=O)C(N)CC1(Cl)CC1. The first-order valence-electron chi connectivity index (χ1n) is 3.48. The maximum Gasteiger partial charge on any atom is 0.146 e. The summed E-state index contributed by atoms with van der Waals surface area (Å²) in [6, 6.07) is -0.347. The number of ketones is 1. The van der Waals surface area contributed by atoms with Crippen molar-refractivity contribution in [2.45, 2.75) is 37.1 Å². The molecule has 3 heteroatoms. The summed E-state index contributed by atoms with van der Waals surface area (Å²) in [6.07, 6.45) is 2.66. The van der Waals surface area contributed by atoms with E-state index in [9.17, 15) is 4.79 Å². The molecule has 0 amide bonds. The number of rotatable bonds is 3. The number of carbonyl (C=O) groups is 1. The van der Waals surface area contributed by atoms with Crippen LogP contribution in [0.2, 0.25) is 0 Å². The molecule has 58 valence electrons. The van der Waals surface area contributed by atoms with Gasteiger partial charge < -0.3 is 5.73 Å². The zero-order chi connectivity index (χ0) is 7.78. The van der Waals surface area contributed by atoms with E-state index < -0.39 is 0 Å². The van der Waals surface area contributed by atoms with Crippen LogP contribution >= 0.6 is 11.6 Å². The summed E-state index contributed by atoms with van der Waals surface area (Å²) >= 11 is 5.95. The summed E-state index contributed by atoms with van der Waals surface area (Å²) in [7, 11) is 0. The van der Waals surface area contributed by atoms with E-state index in [4.69, 9.17) is 17.3 Å². The third-order valence-electron chi connectivity index (χ3n) is 1.90. The van der Waals surface area contributed by atoms with Gasteiger partial charge in [-0.3, -0.25) is 4.79 Å². The lowest BCUT2D eigenvalue weighted by molar-refractivity contribution is -0.118. The number of halogens is 1. The van der Waals surface area contributed by atoms with E-state index >= 15 is 0 Å². The maximum absolute atomic E-state index is 10.7. The second-order valence-electron chi connectivity index (χ2n) is 3.07. The molecule has 0 aromatic heterocycles. The Labute approximate surface area is 65.7 Å². The molecule has 0 aromatic rings. The van der Waals surface area contributed by atoms with Crippen molar-refractivity contribution < 1.29 is 4.79 Å². The van der Waals surface area contributed by atoms with Gasteiger partial charge in [-0.2, -0.15) is 0 Å². The lowest BCUT2D eigenvalue weighted by Crippen LogP contribution is -2.31. The number of nitrogens with two attached hydrogens (primary N) is 1. The maximum atomic E-state index is 10.7. The van der Waals surface area contributed by atoms with E-state index in [0.717, 1.165) is 12.8 Å². The van der Waals surface area contributed by atoms with Crippen LogP contribution in [0.25, 0.3) is 0 Å². The van der Waals surface area contributed by atoms with Crippen molar-refractivity contribution in [1.29, 1.82) is 0 Å². The van der Waals surface area contributed by atoms with Gasteiger partial charge in [0, 0.05) is 4.87 Å². The fraction of sp³-hybridized carbons (Fsp3) is 0.857. The Morgan fingerprint density at radius 1 is 1.80 bits per heavy atom. The van der Waals surface area contributed by atoms with Crippen molar-refractivity contribution in [3.8, 4) is 0 Å². The smallest absolute Gasteiger partial charge is 0.146 e. The molecular formula is C7H12ClNO. The minimum Gasteiger partial charge on any atom is -0.321 e. The van der Waals surface area contributed by atoms with E-state index in [0.29, 0.717) is 6.42 Å². The van der Waals surface area contributed by atoms with Gasteiger partial charge in [-0.05, 0) is 26.2 Å². The third-order valence-corrected chi connectivity index (χ3v) is 2.43. The Balaban J connectivity index is 2.31. The molecule has 0 aliphatic heterocycles. The molecule has 0 aromatic carbocycles. The third kappa shape index (κ3) is 1.96. The molecule has 1 rings (SSSR count). The molecule has 0 bridgehead atoms. The van der Waals surface area contributed by atoms with E-state index in [1.807, 2.05) is 0 Å². The van der Waals surface area contributed by atoms with Gasteiger partial charge in [0.25, 0.3) is 0 Å². The molecule has 1 fully saturated rings. The Hall–Kier alpha value is -0.0800. The molecule has 1 unspecified atom stereocenters. The summed E-state index contributed by atoms with van der Waals surface area (Å²) in [5, 5.41) is 0. The Morgan fingerprint density at radius 2 is 2.30 bits per heavy atom. The van der Waals surface area contributed by atoms with E-state index in [-0.39, 0.29) is 16.7 Å². The minimum absolute atomic E-state index is 0.0342. The van der Waals surface area contributed by atoms with E-state index in [1.165, 1.54) is 6.92 Å². The van der Waals surface area contributed by atoms with Crippen LogP contribution in [0.4, 0.5) is 0 Å². The van der Waals surface area contributed by atoms with Crippen LogP contribution in [0, 0.1) is 0 Å². The predicted molar refractivity (Wildman–Crippen MR) is 41.1 cm³/mol. The van der Waals surface area contributed by atoms with Crippen LogP contribution in [0.3, 0.4) is 0 Å². The van der Waals surface area contributed by atoms with Gasteiger partial charge in [0.2, 0.25) is 0 Å². The Morgan fingerprint density at radius 3 is 2.60 bits per heavy atom. The molecule has 0 heterocycles. The number of alkyl halides is 1. The highest BCUT2D eigenvalue weighted by molar-refractivity contribution is 6.26. The molecular weight excluding hydrogens is 150 g/mol. The number of hydrogen-bond donors (Lipinski definition) is 1. The van der Waals surface area contributed by atoms with Crippen LogP contribution in [-0.4, -0.2) is 16.7 Å². The highest BCUT2D eigenvalue weighted by atomic mass is 35.5. The number of hydrogen-bond acceptors (Lipinski definition) is 2. The van der Waals surface area contributed by atoms with Crippen molar-refractivity contribution in [2.24, 2.45) is 5.73 Å². The van der Waals surface area contributed by atoms with Crippen molar-refractivity contribution in [1.82, 2.24) is 0 Å². The fourth-order valence-electron chi connectivity index (χ4n) is 0.878. The summed E-state index contributed by atoms with van der Waals surface area (Å²) < 4.78 is 0. The summed E-state index contributed by atoms with van der Waals surface area (Å²) in [4.78, 5) is 10.5. The molecule has 2 N–H and O–H groups in total. The molecule has 2 nitrogen and oxygen atoms in total. The van der Waals surface area contributed by atoms with Gasteiger partial charge in [0.1, 0.15) is 5.78 Å². The molecule has 1 atom stereocenters. The first-order valence-corrected chi connectivity index (χ1v) is 3.86. The van der Waals surface area contributed by atoms with Crippen molar-refractivity contribution in [3.63, 3.8) is 0 Å². The summed E-state index contributed by atoms with van der Waals surface area (Å²) in [6.45, 7) is 1.51. The lowest BCUT2D eigenvalue weighted by Gasteiger charge is -2.10. The van der Waals surface area contributed by atoms with Crippen LogP contribution in [0.15, 0.2) is 0 Å².